The van der Waals surface area contributed by atoms with Crippen LogP contribution in [0.4, 0.5) is 4.39 Å². The highest BCUT2D eigenvalue weighted by atomic mass is 79.9. The molecule has 0 bridgehead atoms. The van der Waals surface area contributed by atoms with E-state index in [0.717, 1.165) is 4.47 Å². The van der Waals surface area contributed by atoms with Gasteiger partial charge in [0, 0.05) is 4.47 Å². The fourth-order valence-electron chi connectivity index (χ4n) is 0.608. The fourth-order valence-corrected chi connectivity index (χ4v) is 1.08. The largest absolute Gasteiger partial charge is 0.207 e. The first-order chi connectivity index (χ1) is 5.20. The Hall–Kier alpha value is -0.370. The molecule has 2 heteroatoms. The molecular formula is C9H12BrF. The summed E-state index contributed by atoms with van der Waals surface area (Å²) in [6.45, 7) is 5.74. The van der Waals surface area contributed by atoms with Crippen LogP contribution in [0.1, 0.15) is 19.4 Å². The van der Waals surface area contributed by atoms with E-state index in [1.807, 2.05) is 13.8 Å². The van der Waals surface area contributed by atoms with Gasteiger partial charge in [-0.25, -0.2) is 4.39 Å². The molecule has 0 nitrogen and oxygen atoms in total. The average Bonchev–Trinajstić information content (AvgIpc) is 2.02. The van der Waals surface area contributed by atoms with Crippen molar-refractivity contribution in [2.24, 2.45) is 0 Å². The lowest BCUT2D eigenvalue weighted by atomic mass is 10.2. The standard InChI is InChI=1S/C7H6BrF.C2H6/c1-5-4-6(8)2-3-7(5)9;1-2/h2-4H,1H3;1-2H3. The summed E-state index contributed by atoms with van der Waals surface area (Å²) >= 11 is 3.23. The second-order valence-electron chi connectivity index (χ2n) is 1.89. The van der Waals surface area contributed by atoms with Crippen LogP contribution in [-0.2, 0) is 0 Å². The molecule has 0 aliphatic carbocycles. The molecule has 1 aromatic carbocycles. The average molecular weight is 219 g/mol. The van der Waals surface area contributed by atoms with Gasteiger partial charge in [0.2, 0.25) is 0 Å². The van der Waals surface area contributed by atoms with Crippen molar-refractivity contribution in [2.75, 3.05) is 0 Å². The molecule has 0 saturated carbocycles. The molecule has 0 atom stereocenters. The summed E-state index contributed by atoms with van der Waals surface area (Å²) in [6, 6.07) is 4.87. The molecule has 1 aromatic rings. The zero-order valence-electron chi connectivity index (χ0n) is 6.99. The van der Waals surface area contributed by atoms with Crippen molar-refractivity contribution in [2.45, 2.75) is 20.8 Å². The third-order valence-corrected chi connectivity index (χ3v) is 1.61. The molecule has 0 aliphatic rings. The smallest absolute Gasteiger partial charge is 0.126 e. The molecule has 0 saturated heterocycles. The maximum Gasteiger partial charge on any atom is 0.126 e. The Kier molecular flexibility index (Phi) is 5.12. The summed E-state index contributed by atoms with van der Waals surface area (Å²) in [6.07, 6.45) is 0. The molecule has 0 spiro atoms. The Labute approximate surface area is 75.6 Å². The predicted octanol–water partition coefficient (Wildman–Crippen LogP) is 3.92. The van der Waals surface area contributed by atoms with Gasteiger partial charge in [0.15, 0.2) is 0 Å². The van der Waals surface area contributed by atoms with Gasteiger partial charge in [-0.1, -0.05) is 29.8 Å². The lowest BCUT2D eigenvalue weighted by molar-refractivity contribution is 0.618. The van der Waals surface area contributed by atoms with Crippen LogP contribution in [0.3, 0.4) is 0 Å². The predicted molar refractivity (Wildman–Crippen MR) is 50.2 cm³/mol. The van der Waals surface area contributed by atoms with E-state index in [1.165, 1.54) is 6.07 Å². The zero-order chi connectivity index (χ0) is 8.85. The molecule has 0 aliphatic heterocycles. The van der Waals surface area contributed by atoms with Crippen LogP contribution in [-0.4, -0.2) is 0 Å². The van der Waals surface area contributed by atoms with Crippen molar-refractivity contribution < 1.29 is 4.39 Å². The van der Waals surface area contributed by atoms with E-state index < -0.39 is 0 Å². The van der Waals surface area contributed by atoms with Gasteiger partial charge in [-0.05, 0) is 30.7 Å². The van der Waals surface area contributed by atoms with Crippen molar-refractivity contribution in [3.63, 3.8) is 0 Å². The highest BCUT2D eigenvalue weighted by Gasteiger charge is 1.94. The molecule has 11 heavy (non-hydrogen) atoms. The van der Waals surface area contributed by atoms with Crippen molar-refractivity contribution in [1.29, 1.82) is 0 Å². The number of benzene rings is 1. The fraction of sp³-hybridized carbons (Fsp3) is 0.333. The van der Waals surface area contributed by atoms with Crippen molar-refractivity contribution in [3.8, 4) is 0 Å². The minimum atomic E-state index is -0.154. The SMILES string of the molecule is CC.Cc1cc(Br)ccc1F. The lowest BCUT2D eigenvalue weighted by Crippen LogP contribution is -1.78. The summed E-state index contributed by atoms with van der Waals surface area (Å²) in [5, 5.41) is 0. The third kappa shape index (κ3) is 3.51. The van der Waals surface area contributed by atoms with Gasteiger partial charge < -0.3 is 0 Å². The summed E-state index contributed by atoms with van der Waals surface area (Å²) in [7, 11) is 0. The molecule has 62 valence electrons. The molecule has 0 unspecified atom stereocenters. The van der Waals surface area contributed by atoms with Gasteiger partial charge in [-0.3, -0.25) is 0 Å². The number of hydrogen-bond donors (Lipinski definition) is 0. The Bertz CT molecular complexity index is 221. The molecule has 0 amide bonds. The van der Waals surface area contributed by atoms with Gasteiger partial charge in [-0.15, -0.1) is 0 Å². The van der Waals surface area contributed by atoms with Crippen LogP contribution in [0, 0.1) is 12.7 Å². The first kappa shape index (κ1) is 10.6. The topological polar surface area (TPSA) is 0 Å². The number of hydrogen-bond acceptors (Lipinski definition) is 0. The molecule has 0 N–H and O–H groups in total. The number of rotatable bonds is 0. The Morgan fingerprint density at radius 1 is 1.27 bits per heavy atom. The van der Waals surface area contributed by atoms with Gasteiger partial charge in [-0.2, -0.15) is 0 Å². The second-order valence-corrected chi connectivity index (χ2v) is 2.81. The van der Waals surface area contributed by atoms with Crippen LogP contribution in [0.25, 0.3) is 0 Å². The van der Waals surface area contributed by atoms with E-state index in [1.54, 1.807) is 19.1 Å². The summed E-state index contributed by atoms with van der Waals surface area (Å²) in [5.74, 6) is -0.154. The molecule has 0 heterocycles. The maximum absolute atomic E-state index is 12.5. The number of aryl methyl sites for hydroxylation is 1. The monoisotopic (exact) mass is 218 g/mol. The van der Waals surface area contributed by atoms with Gasteiger partial charge in [0.25, 0.3) is 0 Å². The van der Waals surface area contributed by atoms with Crippen LogP contribution in [0.2, 0.25) is 0 Å². The van der Waals surface area contributed by atoms with Crippen molar-refractivity contribution in [1.82, 2.24) is 0 Å². The van der Waals surface area contributed by atoms with Crippen LogP contribution in [0.5, 0.6) is 0 Å². The van der Waals surface area contributed by atoms with Gasteiger partial charge in [0.05, 0.1) is 0 Å². The molecule has 0 radical (unpaired) electrons. The number of halogens is 2. The van der Waals surface area contributed by atoms with E-state index in [9.17, 15) is 4.39 Å². The lowest BCUT2D eigenvalue weighted by Gasteiger charge is -1.93. The Balaban J connectivity index is 0.000000461. The molecule has 1 rings (SSSR count). The summed E-state index contributed by atoms with van der Waals surface area (Å²) in [4.78, 5) is 0. The van der Waals surface area contributed by atoms with E-state index in [4.69, 9.17) is 0 Å². The van der Waals surface area contributed by atoms with Crippen molar-refractivity contribution in [3.05, 3.63) is 34.1 Å². The quantitative estimate of drug-likeness (QED) is 0.620. The first-order valence-electron chi connectivity index (χ1n) is 3.62. The summed E-state index contributed by atoms with van der Waals surface area (Å²) in [5.41, 5.74) is 0.671. The molecule has 0 fully saturated rings. The second kappa shape index (κ2) is 5.30. The van der Waals surface area contributed by atoms with Crippen molar-refractivity contribution >= 4 is 15.9 Å². The zero-order valence-corrected chi connectivity index (χ0v) is 8.57. The highest BCUT2D eigenvalue weighted by molar-refractivity contribution is 9.10. The Morgan fingerprint density at radius 3 is 2.18 bits per heavy atom. The minimum absolute atomic E-state index is 0.154. The minimum Gasteiger partial charge on any atom is -0.207 e. The van der Waals surface area contributed by atoms with E-state index in [-0.39, 0.29) is 5.82 Å². The van der Waals surface area contributed by atoms with E-state index >= 15 is 0 Å². The Morgan fingerprint density at radius 2 is 1.82 bits per heavy atom. The highest BCUT2D eigenvalue weighted by Crippen LogP contribution is 2.13. The third-order valence-electron chi connectivity index (χ3n) is 1.12. The van der Waals surface area contributed by atoms with Gasteiger partial charge in [0.1, 0.15) is 5.82 Å². The summed E-state index contributed by atoms with van der Waals surface area (Å²) < 4.78 is 13.4. The van der Waals surface area contributed by atoms with Crippen LogP contribution in [0.15, 0.2) is 22.7 Å². The van der Waals surface area contributed by atoms with E-state index in [0.29, 0.717) is 5.56 Å². The molecular weight excluding hydrogens is 207 g/mol. The normalized spacial score (nSPS) is 8.45. The van der Waals surface area contributed by atoms with Crippen LogP contribution < -0.4 is 0 Å². The maximum atomic E-state index is 12.5. The molecule has 0 aromatic heterocycles. The van der Waals surface area contributed by atoms with E-state index in [2.05, 4.69) is 15.9 Å². The van der Waals surface area contributed by atoms with Crippen LogP contribution >= 0.6 is 15.9 Å². The first-order valence-corrected chi connectivity index (χ1v) is 4.41. The van der Waals surface area contributed by atoms with Gasteiger partial charge >= 0.3 is 0 Å².